The number of ether oxygens (including phenoxy) is 1. The average Bonchev–Trinajstić information content (AvgIpc) is 2.47. The molecule has 1 N–H and O–H groups in total. The molecule has 0 aliphatic carbocycles. The van der Waals surface area contributed by atoms with Gasteiger partial charge in [0.25, 0.3) is 0 Å². The summed E-state index contributed by atoms with van der Waals surface area (Å²) in [5, 5.41) is 4.62. The second-order valence-corrected chi connectivity index (χ2v) is 5.44. The van der Waals surface area contributed by atoms with Gasteiger partial charge < -0.3 is 10.1 Å². The van der Waals surface area contributed by atoms with Gasteiger partial charge in [-0.2, -0.15) is 0 Å². The van der Waals surface area contributed by atoms with E-state index < -0.39 is 0 Å². The zero-order valence-electron chi connectivity index (χ0n) is 12.6. The summed E-state index contributed by atoms with van der Waals surface area (Å²) < 4.78 is 6.04. The first-order valence-corrected chi connectivity index (χ1v) is 7.42. The number of hydrogen-bond donors (Lipinski definition) is 1. The summed E-state index contributed by atoms with van der Waals surface area (Å²) in [4.78, 5) is 4.36. The van der Waals surface area contributed by atoms with E-state index in [0.29, 0.717) is 18.6 Å². The van der Waals surface area contributed by atoms with Crippen molar-refractivity contribution < 1.29 is 4.74 Å². The van der Waals surface area contributed by atoms with Crippen molar-refractivity contribution in [2.75, 3.05) is 13.2 Å². The van der Waals surface area contributed by atoms with Gasteiger partial charge in [0.05, 0.1) is 5.52 Å². The number of nitrogens with zero attached hydrogens (tertiary/aromatic N) is 1. The van der Waals surface area contributed by atoms with Crippen molar-refractivity contribution in [2.24, 2.45) is 5.92 Å². The highest BCUT2D eigenvalue weighted by atomic mass is 16.5. The fourth-order valence-electron chi connectivity index (χ4n) is 2.20. The molecule has 0 amide bonds. The van der Waals surface area contributed by atoms with Crippen molar-refractivity contribution in [2.45, 2.75) is 33.2 Å². The number of pyridine rings is 1. The van der Waals surface area contributed by atoms with Crippen LogP contribution in [0, 0.1) is 5.92 Å². The first kappa shape index (κ1) is 14.8. The summed E-state index contributed by atoms with van der Waals surface area (Å²) >= 11 is 0. The largest absolute Gasteiger partial charge is 0.491 e. The standard InChI is InChI=1S/C17H24N2O/c1-4-10-18-16(13(2)3)12-20-17-9-5-8-15-14(17)7-6-11-19-15/h5-9,11,13,16,18H,4,10,12H2,1-3H3. The molecule has 1 atom stereocenters. The molecule has 1 aromatic heterocycles. The van der Waals surface area contributed by atoms with E-state index in [-0.39, 0.29) is 0 Å². The summed E-state index contributed by atoms with van der Waals surface area (Å²) in [6.45, 7) is 8.35. The molecule has 2 rings (SSSR count). The maximum atomic E-state index is 6.04. The van der Waals surface area contributed by atoms with Crippen molar-refractivity contribution in [1.82, 2.24) is 10.3 Å². The van der Waals surface area contributed by atoms with E-state index in [4.69, 9.17) is 4.74 Å². The SMILES string of the molecule is CCCNC(COc1cccc2ncccc12)C(C)C. The molecule has 0 saturated carbocycles. The van der Waals surface area contributed by atoms with Gasteiger partial charge in [-0.1, -0.05) is 26.8 Å². The molecule has 108 valence electrons. The molecular weight excluding hydrogens is 248 g/mol. The van der Waals surface area contributed by atoms with Crippen LogP contribution < -0.4 is 10.1 Å². The van der Waals surface area contributed by atoms with Gasteiger partial charge in [0, 0.05) is 17.6 Å². The normalized spacial score (nSPS) is 12.8. The summed E-state index contributed by atoms with van der Waals surface area (Å²) in [5.41, 5.74) is 0.979. The predicted octanol–water partition coefficient (Wildman–Crippen LogP) is 3.64. The van der Waals surface area contributed by atoms with Gasteiger partial charge in [0.1, 0.15) is 12.4 Å². The van der Waals surface area contributed by atoms with Crippen LogP contribution in [-0.4, -0.2) is 24.2 Å². The molecule has 2 aromatic rings. The molecule has 0 fully saturated rings. The lowest BCUT2D eigenvalue weighted by Crippen LogP contribution is -2.39. The van der Waals surface area contributed by atoms with E-state index in [1.54, 1.807) is 0 Å². The van der Waals surface area contributed by atoms with E-state index in [2.05, 4.69) is 37.1 Å². The lowest BCUT2D eigenvalue weighted by atomic mass is 10.1. The van der Waals surface area contributed by atoms with E-state index >= 15 is 0 Å². The fourth-order valence-corrected chi connectivity index (χ4v) is 2.20. The molecule has 1 heterocycles. The molecule has 1 unspecified atom stereocenters. The Morgan fingerprint density at radius 3 is 2.80 bits per heavy atom. The molecule has 3 nitrogen and oxygen atoms in total. The highest BCUT2D eigenvalue weighted by Crippen LogP contribution is 2.24. The van der Waals surface area contributed by atoms with Crippen LogP contribution in [0.25, 0.3) is 10.9 Å². The van der Waals surface area contributed by atoms with Gasteiger partial charge in [-0.25, -0.2) is 0 Å². The van der Waals surface area contributed by atoms with Crippen LogP contribution in [-0.2, 0) is 0 Å². The van der Waals surface area contributed by atoms with Crippen LogP contribution >= 0.6 is 0 Å². The molecule has 3 heteroatoms. The van der Waals surface area contributed by atoms with Crippen LogP contribution in [0.3, 0.4) is 0 Å². The van der Waals surface area contributed by atoms with E-state index in [9.17, 15) is 0 Å². The van der Waals surface area contributed by atoms with Crippen molar-refractivity contribution in [3.63, 3.8) is 0 Å². The molecule has 0 radical (unpaired) electrons. The van der Waals surface area contributed by atoms with E-state index in [0.717, 1.165) is 29.6 Å². The number of hydrogen-bond acceptors (Lipinski definition) is 3. The van der Waals surface area contributed by atoms with Crippen LogP contribution in [0.15, 0.2) is 36.5 Å². The monoisotopic (exact) mass is 272 g/mol. The Labute approximate surface area is 121 Å². The van der Waals surface area contributed by atoms with Gasteiger partial charge in [0.15, 0.2) is 0 Å². The number of rotatable bonds is 7. The summed E-state index contributed by atoms with van der Waals surface area (Å²) in [5.74, 6) is 1.47. The first-order chi connectivity index (χ1) is 9.72. The van der Waals surface area contributed by atoms with Gasteiger partial charge in [-0.05, 0) is 43.1 Å². The Hall–Kier alpha value is -1.61. The Morgan fingerprint density at radius 1 is 1.20 bits per heavy atom. The Morgan fingerprint density at radius 2 is 2.05 bits per heavy atom. The third-order valence-corrected chi connectivity index (χ3v) is 3.49. The molecule has 0 saturated heterocycles. The fraction of sp³-hybridized carbons (Fsp3) is 0.471. The third kappa shape index (κ3) is 3.70. The first-order valence-electron chi connectivity index (χ1n) is 7.42. The van der Waals surface area contributed by atoms with Gasteiger partial charge in [-0.15, -0.1) is 0 Å². The maximum absolute atomic E-state index is 6.04. The van der Waals surface area contributed by atoms with Gasteiger partial charge in [0.2, 0.25) is 0 Å². The van der Waals surface area contributed by atoms with Gasteiger partial charge >= 0.3 is 0 Å². The quantitative estimate of drug-likeness (QED) is 0.835. The highest BCUT2D eigenvalue weighted by Gasteiger charge is 2.13. The van der Waals surface area contributed by atoms with Crippen LogP contribution in [0.1, 0.15) is 27.2 Å². The zero-order valence-corrected chi connectivity index (χ0v) is 12.6. The van der Waals surface area contributed by atoms with Crippen molar-refractivity contribution in [3.8, 4) is 5.75 Å². The minimum atomic E-state index is 0.377. The Bertz CT molecular complexity index is 534. The van der Waals surface area contributed by atoms with E-state index in [1.807, 2.05) is 30.5 Å². The predicted molar refractivity (Wildman–Crippen MR) is 84.2 cm³/mol. The lowest BCUT2D eigenvalue weighted by Gasteiger charge is -2.23. The number of nitrogens with one attached hydrogen (secondary N) is 1. The second kappa shape index (κ2) is 7.25. The Balaban J connectivity index is 2.07. The van der Waals surface area contributed by atoms with Gasteiger partial charge in [-0.3, -0.25) is 4.98 Å². The van der Waals surface area contributed by atoms with Crippen LogP contribution in [0.4, 0.5) is 0 Å². The lowest BCUT2D eigenvalue weighted by molar-refractivity contribution is 0.232. The Kier molecular flexibility index (Phi) is 5.36. The summed E-state index contributed by atoms with van der Waals surface area (Å²) in [7, 11) is 0. The summed E-state index contributed by atoms with van der Waals surface area (Å²) in [6, 6.07) is 10.4. The van der Waals surface area contributed by atoms with Crippen molar-refractivity contribution in [3.05, 3.63) is 36.5 Å². The molecule has 0 spiro atoms. The molecule has 0 bridgehead atoms. The molecule has 20 heavy (non-hydrogen) atoms. The topological polar surface area (TPSA) is 34.1 Å². The molecular formula is C17H24N2O. The minimum absolute atomic E-state index is 0.377. The van der Waals surface area contributed by atoms with Crippen molar-refractivity contribution >= 4 is 10.9 Å². The number of fused-ring (bicyclic) bond motifs is 1. The molecule has 0 aliphatic rings. The minimum Gasteiger partial charge on any atom is -0.491 e. The average molecular weight is 272 g/mol. The zero-order chi connectivity index (χ0) is 14.4. The number of aromatic nitrogens is 1. The highest BCUT2D eigenvalue weighted by molar-refractivity contribution is 5.84. The summed E-state index contributed by atoms with van der Waals surface area (Å²) in [6.07, 6.45) is 2.95. The van der Waals surface area contributed by atoms with Crippen molar-refractivity contribution in [1.29, 1.82) is 0 Å². The second-order valence-electron chi connectivity index (χ2n) is 5.44. The van der Waals surface area contributed by atoms with E-state index in [1.165, 1.54) is 0 Å². The molecule has 0 aliphatic heterocycles. The van der Waals surface area contributed by atoms with Crippen LogP contribution in [0.5, 0.6) is 5.75 Å². The maximum Gasteiger partial charge on any atom is 0.128 e. The molecule has 1 aromatic carbocycles. The smallest absolute Gasteiger partial charge is 0.128 e. The third-order valence-electron chi connectivity index (χ3n) is 3.49. The van der Waals surface area contributed by atoms with Crippen LogP contribution in [0.2, 0.25) is 0 Å². The number of benzene rings is 1.